The van der Waals surface area contributed by atoms with E-state index in [4.69, 9.17) is 14.3 Å². The molecule has 29 heavy (non-hydrogen) atoms. The number of hydrogen-bond acceptors (Lipinski definition) is 5. The SMILES string of the molecule is CN(CC(=O)O)CC1CN(C(=O)Cc2cc3c(ccc4ccccc43)o2)CCO1. The second-order valence-corrected chi connectivity index (χ2v) is 7.51. The van der Waals surface area contributed by atoms with Crippen LogP contribution in [0, 0.1) is 0 Å². The first kappa shape index (κ1) is 19.4. The average molecular weight is 396 g/mol. The fourth-order valence-electron chi connectivity index (χ4n) is 3.89. The lowest BCUT2D eigenvalue weighted by atomic mass is 10.1. The fraction of sp³-hybridized carbons (Fsp3) is 0.364. The van der Waals surface area contributed by atoms with E-state index in [9.17, 15) is 9.59 Å². The summed E-state index contributed by atoms with van der Waals surface area (Å²) >= 11 is 0. The van der Waals surface area contributed by atoms with Crippen LogP contribution in [0.5, 0.6) is 0 Å². The van der Waals surface area contributed by atoms with E-state index in [0.717, 1.165) is 21.7 Å². The molecule has 0 spiro atoms. The number of benzene rings is 2. The Labute approximate surface area is 168 Å². The Morgan fingerprint density at radius 3 is 2.86 bits per heavy atom. The predicted molar refractivity (Wildman–Crippen MR) is 109 cm³/mol. The van der Waals surface area contributed by atoms with E-state index < -0.39 is 5.97 Å². The van der Waals surface area contributed by atoms with Gasteiger partial charge in [-0.05, 0) is 30.0 Å². The van der Waals surface area contributed by atoms with Crippen LogP contribution in [0.15, 0.2) is 46.9 Å². The molecule has 1 unspecified atom stereocenters. The zero-order valence-corrected chi connectivity index (χ0v) is 16.3. The van der Waals surface area contributed by atoms with Crippen molar-refractivity contribution in [3.63, 3.8) is 0 Å². The zero-order chi connectivity index (χ0) is 20.4. The minimum atomic E-state index is -0.881. The van der Waals surface area contributed by atoms with Crippen LogP contribution in [0.2, 0.25) is 0 Å². The number of rotatable bonds is 6. The summed E-state index contributed by atoms with van der Waals surface area (Å²) in [5, 5.41) is 12.2. The number of carboxylic acid groups (broad SMARTS) is 1. The highest BCUT2D eigenvalue weighted by Crippen LogP contribution is 2.28. The highest BCUT2D eigenvalue weighted by atomic mass is 16.5. The Hall–Kier alpha value is -2.90. The largest absolute Gasteiger partial charge is 0.480 e. The van der Waals surface area contributed by atoms with Crippen molar-refractivity contribution < 1.29 is 23.8 Å². The van der Waals surface area contributed by atoms with Crippen molar-refractivity contribution in [3.8, 4) is 0 Å². The minimum absolute atomic E-state index is 0.0115. The molecule has 1 N–H and O–H groups in total. The second kappa shape index (κ2) is 8.23. The molecule has 7 heteroatoms. The summed E-state index contributed by atoms with van der Waals surface area (Å²) in [5.74, 6) is -0.247. The van der Waals surface area contributed by atoms with Gasteiger partial charge in [0, 0.05) is 25.0 Å². The van der Waals surface area contributed by atoms with Crippen LogP contribution in [-0.4, -0.2) is 72.7 Å². The van der Waals surface area contributed by atoms with Crippen molar-refractivity contribution in [2.75, 3.05) is 39.8 Å². The van der Waals surface area contributed by atoms with Gasteiger partial charge in [-0.3, -0.25) is 14.5 Å². The number of ether oxygens (including phenoxy) is 1. The van der Waals surface area contributed by atoms with Crippen molar-refractivity contribution in [2.24, 2.45) is 0 Å². The topological polar surface area (TPSA) is 83.2 Å². The van der Waals surface area contributed by atoms with E-state index in [-0.39, 0.29) is 25.0 Å². The van der Waals surface area contributed by atoms with Crippen molar-refractivity contribution >= 4 is 33.6 Å². The Kier molecular flexibility index (Phi) is 5.51. The predicted octanol–water partition coefficient (Wildman–Crippen LogP) is 2.37. The van der Waals surface area contributed by atoms with Gasteiger partial charge in [-0.15, -0.1) is 0 Å². The second-order valence-electron chi connectivity index (χ2n) is 7.51. The lowest BCUT2D eigenvalue weighted by Crippen LogP contribution is -2.50. The number of fused-ring (bicyclic) bond motifs is 3. The van der Waals surface area contributed by atoms with E-state index in [1.54, 1.807) is 16.8 Å². The molecule has 2 heterocycles. The van der Waals surface area contributed by atoms with Gasteiger partial charge >= 0.3 is 5.97 Å². The molecule has 7 nitrogen and oxygen atoms in total. The summed E-state index contributed by atoms with van der Waals surface area (Å²) in [6, 6.07) is 14.0. The van der Waals surface area contributed by atoms with Crippen molar-refractivity contribution in [3.05, 3.63) is 48.2 Å². The van der Waals surface area contributed by atoms with Gasteiger partial charge in [0.25, 0.3) is 0 Å². The van der Waals surface area contributed by atoms with Gasteiger partial charge in [0.05, 0.1) is 25.7 Å². The number of morpholine rings is 1. The Bertz CT molecular complexity index is 1040. The number of furan rings is 1. The Morgan fingerprint density at radius 1 is 1.21 bits per heavy atom. The van der Waals surface area contributed by atoms with Gasteiger partial charge < -0.3 is 19.2 Å². The maximum absolute atomic E-state index is 12.8. The number of aliphatic carboxylic acids is 1. The first-order valence-electron chi connectivity index (χ1n) is 9.69. The van der Waals surface area contributed by atoms with Crippen LogP contribution < -0.4 is 0 Å². The molecule has 1 aliphatic rings. The fourth-order valence-corrected chi connectivity index (χ4v) is 3.89. The summed E-state index contributed by atoms with van der Waals surface area (Å²) in [5.41, 5.74) is 0.779. The molecule has 1 saturated heterocycles. The van der Waals surface area contributed by atoms with Gasteiger partial charge in [0.1, 0.15) is 11.3 Å². The monoisotopic (exact) mass is 396 g/mol. The minimum Gasteiger partial charge on any atom is -0.480 e. The molecule has 0 radical (unpaired) electrons. The first-order valence-corrected chi connectivity index (χ1v) is 9.69. The summed E-state index contributed by atoms with van der Waals surface area (Å²) < 4.78 is 11.6. The van der Waals surface area contributed by atoms with Gasteiger partial charge in [-0.2, -0.15) is 0 Å². The van der Waals surface area contributed by atoms with Crippen LogP contribution in [0.1, 0.15) is 5.76 Å². The molecule has 0 aliphatic carbocycles. The van der Waals surface area contributed by atoms with Crippen molar-refractivity contribution in [2.45, 2.75) is 12.5 Å². The molecule has 1 atom stereocenters. The number of hydrogen-bond donors (Lipinski definition) is 1. The molecule has 1 aliphatic heterocycles. The van der Waals surface area contributed by atoms with Gasteiger partial charge in [-0.1, -0.05) is 30.3 Å². The third kappa shape index (κ3) is 4.41. The summed E-state index contributed by atoms with van der Waals surface area (Å²) in [7, 11) is 1.73. The molecule has 1 aromatic heterocycles. The summed E-state index contributed by atoms with van der Waals surface area (Å²) in [4.78, 5) is 27.1. The molecule has 0 bridgehead atoms. The zero-order valence-electron chi connectivity index (χ0n) is 16.3. The third-order valence-electron chi connectivity index (χ3n) is 5.21. The molecule has 152 valence electrons. The van der Waals surface area contributed by atoms with Crippen LogP contribution in [0.25, 0.3) is 21.7 Å². The molecule has 3 aromatic rings. The van der Waals surface area contributed by atoms with Crippen molar-refractivity contribution in [1.82, 2.24) is 9.80 Å². The Morgan fingerprint density at radius 2 is 2.03 bits per heavy atom. The van der Waals surface area contributed by atoms with E-state index in [1.165, 1.54) is 0 Å². The smallest absolute Gasteiger partial charge is 0.317 e. The van der Waals surface area contributed by atoms with E-state index >= 15 is 0 Å². The van der Waals surface area contributed by atoms with Crippen LogP contribution >= 0.6 is 0 Å². The molecule has 1 fully saturated rings. The maximum Gasteiger partial charge on any atom is 0.317 e. The van der Waals surface area contributed by atoms with Crippen molar-refractivity contribution in [1.29, 1.82) is 0 Å². The lowest BCUT2D eigenvalue weighted by molar-refractivity contribution is -0.142. The molecule has 1 amide bonds. The third-order valence-corrected chi connectivity index (χ3v) is 5.21. The molecule has 0 saturated carbocycles. The number of carbonyl (C=O) groups is 2. The van der Waals surface area contributed by atoms with Gasteiger partial charge in [0.15, 0.2) is 0 Å². The highest BCUT2D eigenvalue weighted by molar-refractivity contribution is 6.06. The first-order chi connectivity index (χ1) is 14.0. The van der Waals surface area contributed by atoms with E-state index in [1.807, 2.05) is 30.3 Å². The van der Waals surface area contributed by atoms with Crippen LogP contribution in [0.3, 0.4) is 0 Å². The number of amides is 1. The maximum atomic E-state index is 12.8. The summed E-state index contributed by atoms with van der Waals surface area (Å²) in [6.45, 7) is 1.84. The Balaban J connectivity index is 1.43. The highest BCUT2D eigenvalue weighted by Gasteiger charge is 2.26. The molecule has 4 rings (SSSR count). The molecular weight excluding hydrogens is 372 g/mol. The quantitative estimate of drug-likeness (QED) is 0.689. The molecular formula is C22H24N2O5. The van der Waals surface area contributed by atoms with Gasteiger partial charge in [0.2, 0.25) is 5.91 Å². The lowest BCUT2D eigenvalue weighted by Gasteiger charge is -2.34. The number of carboxylic acids is 1. The van der Waals surface area contributed by atoms with Crippen LogP contribution in [-0.2, 0) is 20.7 Å². The summed E-state index contributed by atoms with van der Waals surface area (Å²) in [6.07, 6.45) is -0.00240. The van der Waals surface area contributed by atoms with Crippen LogP contribution in [0.4, 0.5) is 0 Å². The average Bonchev–Trinajstić information content (AvgIpc) is 3.10. The number of nitrogens with zero attached hydrogens (tertiary/aromatic N) is 2. The van der Waals surface area contributed by atoms with Gasteiger partial charge in [-0.25, -0.2) is 0 Å². The normalized spacial score (nSPS) is 17.3. The van der Waals surface area contributed by atoms with E-state index in [0.29, 0.717) is 32.0 Å². The molecule has 2 aromatic carbocycles. The standard InChI is InChI=1S/C22H24N2O5/c1-23(14-22(26)27)12-17-13-24(8-9-28-17)21(25)11-16-10-19-18-5-3-2-4-15(18)6-7-20(19)29-16/h2-7,10,17H,8-9,11-14H2,1H3,(H,26,27). The number of carbonyl (C=O) groups excluding carboxylic acids is 1. The van der Waals surface area contributed by atoms with E-state index in [2.05, 4.69) is 12.1 Å². The number of likely N-dealkylation sites (N-methyl/N-ethyl adjacent to an activating group) is 1.